The first-order chi connectivity index (χ1) is 15.5. The number of nitrogens with zero attached hydrogens (tertiary/aromatic N) is 2. The molecule has 4 rings (SSSR count). The van der Waals surface area contributed by atoms with Gasteiger partial charge in [0.25, 0.3) is 0 Å². The second-order valence-corrected chi connectivity index (χ2v) is 8.91. The van der Waals surface area contributed by atoms with Crippen molar-refractivity contribution in [2.45, 2.75) is 45.6 Å². The molecule has 8 nitrogen and oxygen atoms in total. The summed E-state index contributed by atoms with van der Waals surface area (Å²) >= 11 is 1.23. The molecule has 0 bridgehead atoms. The summed E-state index contributed by atoms with van der Waals surface area (Å²) in [6.07, 6.45) is 3.64. The van der Waals surface area contributed by atoms with E-state index in [-0.39, 0.29) is 17.8 Å². The molecule has 32 heavy (non-hydrogen) atoms. The van der Waals surface area contributed by atoms with E-state index in [9.17, 15) is 9.90 Å². The third-order valence-electron chi connectivity index (χ3n) is 5.18. The maximum atomic E-state index is 13.2. The molecule has 0 radical (unpaired) electrons. The van der Waals surface area contributed by atoms with Crippen LogP contribution < -0.4 is 5.32 Å². The summed E-state index contributed by atoms with van der Waals surface area (Å²) in [6, 6.07) is 7.05. The summed E-state index contributed by atoms with van der Waals surface area (Å²) in [5, 5.41) is 14.2. The zero-order valence-corrected chi connectivity index (χ0v) is 18.9. The van der Waals surface area contributed by atoms with E-state index < -0.39 is 6.23 Å². The molecule has 2 N–H and O–H groups in total. The van der Waals surface area contributed by atoms with E-state index in [4.69, 9.17) is 13.9 Å². The van der Waals surface area contributed by atoms with Gasteiger partial charge in [-0.25, -0.2) is 4.98 Å². The van der Waals surface area contributed by atoms with Crippen molar-refractivity contribution in [2.75, 3.05) is 18.5 Å². The molecule has 0 aromatic carbocycles. The van der Waals surface area contributed by atoms with Crippen molar-refractivity contribution in [3.8, 4) is 11.5 Å². The van der Waals surface area contributed by atoms with Gasteiger partial charge in [0.05, 0.1) is 24.7 Å². The van der Waals surface area contributed by atoms with Gasteiger partial charge in [-0.05, 0) is 51.0 Å². The number of ketones is 1. The number of rotatable bonds is 9. The molecule has 1 unspecified atom stereocenters. The SMILES string of the molecule is CC(C)OCc1cc(C(O)Nc2nc(-c3ccco3)c(C(=O)C3CCOCC3)s2)ccn1. The highest BCUT2D eigenvalue weighted by Crippen LogP contribution is 2.36. The molecular weight excluding hydrogens is 430 g/mol. The highest BCUT2D eigenvalue weighted by atomic mass is 32.1. The topological polar surface area (TPSA) is 107 Å². The van der Waals surface area contributed by atoms with Crippen LogP contribution in [0, 0.1) is 5.92 Å². The van der Waals surface area contributed by atoms with E-state index in [0.717, 1.165) is 5.69 Å². The van der Waals surface area contributed by atoms with E-state index in [2.05, 4.69) is 15.3 Å². The minimum atomic E-state index is -1.02. The van der Waals surface area contributed by atoms with Crippen molar-refractivity contribution in [2.24, 2.45) is 5.92 Å². The smallest absolute Gasteiger partial charge is 0.186 e. The number of anilines is 1. The third-order valence-corrected chi connectivity index (χ3v) is 6.18. The molecule has 3 aromatic rings. The first-order valence-corrected chi connectivity index (χ1v) is 11.5. The Morgan fingerprint density at radius 1 is 1.34 bits per heavy atom. The highest BCUT2D eigenvalue weighted by Gasteiger charge is 2.29. The molecule has 1 fully saturated rings. The average molecular weight is 458 g/mol. The molecule has 0 saturated carbocycles. The van der Waals surface area contributed by atoms with Gasteiger partial charge in [-0.2, -0.15) is 0 Å². The number of Topliss-reactive ketones (excluding diaryl/α,β-unsaturated/α-hetero) is 1. The van der Waals surface area contributed by atoms with Gasteiger partial charge in [0.2, 0.25) is 0 Å². The molecular formula is C23H27N3O5S. The van der Waals surface area contributed by atoms with Crippen LogP contribution in [0.15, 0.2) is 41.1 Å². The van der Waals surface area contributed by atoms with Crippen molar-refractivity contribution in [1.82, 2.24) is 9.97 Å². The minimum Gasteiger partial charge on any atom is -0.463 e. The zero-order valence-electron chi connectivity index (χ0n) is 18.1. The van der Waals surface area contributed by atoms with Crippen molar-refractivity contribution < 1.29 is 23.8 Å². The molecule has 9 heteroatoms. The standard InChI is InChI=1S/C23H27N3O5S/c1-14(2)31-13-17-12-16(5-8-24-17)22(28)26-23-25-19(18-4-3-9-30-18)21(32-23)20(27)15-6-10-29-11-7-15/h3-5,8-9,12,14-15,22,28H,6-7,10-11,13H2,1-2H3,(H,25,26). The van der Waals surface area contributed by atoms with Gasteiger partial charge in [0, 0.05) is 30.9 Å². The number of carbonyl (C=O) groups excluding carboxylic acids is 1. The van der Waals surface area contributed by atoms with Crippen LogP contribution >= 0.6 is 11.3 Å². The largest absolute Gasteiger partial charge is 0.463 e. The van der Waals surface area contributed by atoms with E-state index in [1.807, 2.05) is 13.8 Å². The summed E-state index contributed by atoms with van der Waals surface area (Å²) in [6.45, 7) is 5.44. The van der Waals surface area contributed by atoms with E-state index in [1.54, 1.807) is 36.7 Å². The fourth-order valence-electron chi connectivity index (χ4n) is 3.47. The van der Waals surface area contributed by atoms with Gasteiger partial charge in [0.15, 0.2) is 22.9 Å². The fraction of sp³-hybridized carbons (Fsp3) is 0.435. The number of ether oxygens (including phenoxy) is 2. The summed E-state index contributed by atoms with van der Waals surface area (Å²) in [4.78, 5) is 22.6. The van der Waals surface area contributed by atoms with Crippen molar-refractivity contribution >= 4 is 22.3 Å². The van der Waals surface area contributed by atoms with Crippen LogP contribution in [0.4, 0.5) is 5.13 Å². The van der Waals surface area contributed by atoms with Crippen LogP contribution in [0.25, 0.3) is 11.5 Å². The summed E-state index contributed by atoms with van der Waals surface area (Å²) in [5.74, 6) is 0.465. The van der Waals surface area contributed by atoms with Crippen molar-refractivity contribution in [3.05, 3.63) is 52.9 Å². The van der Waals surface area contributed by atoms with Gasteiger partial charge in [-0.1, -0.05) is 11.3 Å². The van der Waals surface area contributed by atoms with Crippen LogP contribution in [-0.2, 0) is 16.1 Å². The van der Waals surface area contributed by atoms with Crippen LogP contribution in [0.3, 0.4) is 0 Å². The fourth-order valence-corrected chi connectivity index (χ4v) is 4.48. The van der Waals surface area contributed by atoms with Crippen LogP contribution in [0.2, 0.25) is 0 Å². The Kier molecular flexibility index (Phi) is 7.31. The Hall–Kier alpha value is -2.59. The van der Waals surface area contributed by atoms with Gasteiger partial charge < -0.3 is 24.3 Å². The number of furan rings is 1. The van der Waals surface area contributed by atoms with E-state index in [0.29, 0.717) is 59.7 Å². The van der Waals surface area contributed by atoms with Crippen LogP contribution in [-0.4, -0.2) is 40.2 Å². The molecule has 0 spiro atoms. The number of aliphatic hydroxyl groups excluding tert-OH is 1. The summed E-state index contributed by atoms with van der Waals surface area (Å²) in [7, 11) is 0. The Balaban J connectivity index is 1.55. The number of carbonyl (C=O) groups is 1. The van der Waals surface area contributed by atoms with Gasteiger partial charge >= 0.3 is 0 Å². The highest BCUT2D eigenvalue weighted by molar-refractivity contribution is 7.18. The second kappa shape index (κ2) is 10.4. The number of aromatic nitrogens is 2. The maximum Gasteiger partial charge on any atom is 0.186 e. The number of hydrogen-bond acceptors (Lipinski definition) is 9. The Labute approximate surface area is 190 Å². The first-order valence-electron chi connectivity index (χ1n) is 10.7. The number of hydrogen-bond donors (Lipinski definition) is 2. The molecule has 170 valence electrons. The number of thiazole rings is 1. The molecule has 4 heterocycles. The molecule has 1 saturated heterocycles. The summed E-state index contributed by atoms with van der Waals surface area (Å²) in [5.41, 5.74) is 1.85. The molecule has 1 atom stereocenters. The quantitative estimate of drug-likeness (QED) is 0.359. The lowest BCUT2D eigenvalue weighted by atomic mass is 9.94. The molecule has 3 aromatic heterocycles. The Morgan fingerprint density at radius 3 is 2.88 bits per heavy atom. The minimum absolute atomic E-state index is 0.0387. The number of pyridine rings is 1. The molecule has 0 amide bonds. The average Bonchev–Trinajstić information content (AvgIpc) is 3.48. The summed E-state index contributed by atoms with van der Waals surface area (Å²) < 4.78 is 16.5. The lowest BCUT2D eigenvalue weighted by Crippen LogP contribution is -2.23. The molecule has 1 aliphatic rings. The molecule has 0 aliphatic carbocycles. The van der Waals surface area contributed by atoms with E-state index >= 15 is 0 Å². The van der Waals surface area contributed by atoms with Gasteiger partial charge in [-0.15, -0.1) is 0 Å². The lowest BCUT2D eigenvalue weighted by molar-refractivity contribution is 0.0547. The normalized spacial score (nSPS) is 15.8. The van der Waals surface area contributed by atoms with Crippen LogP contribution in [0.1, 0.15) is 53.8 Å². The van der Waals surface area contributed by atoms with Crippen molar-refractivity contribution in [3.63, 3.8) is 0 Å². The predicted octanol–water partition coefficient (Wildman–Crippen LogP) is 4.44. The van der Waals surface area contributed by atoms with Crippen molar-refractivity contribution in [1.29, 1.82) is 0 Å². The van der Waals surface area contributed by atoms with E-state index in [1.165, 1.54) is 11.3 Å². The van der Waals surface area contributed by atoms with Gasteiger partial charge in [-0.3, -0.25) is 9.78 Å². The second-order valence-electron chi connectivity index (χ2n) is 7.91. The third kappa shape index (κ3) is 5.42. The van der Waals surface area contributed by atoms with Crippen LogP contribution in [0.5, 0.6) is 0 Å². The maximum absolute atomic E-state index is 13.2. The zero-order chi connectivity index (χ0) is 22.5. The first kappa shape index (κ1) is 22.6. The predicted molar refractivity (Wildman–Crippen MR) is 120 cm³/mol. The monoisotopic (exact) mass is 457 g/mol. The number of nitrogens with one attached hydrogen (secondary N) is 1. The Bertz CT molecular complexity index is 1030. The number of aliphatic hydroxyl groups is 1. The lowest BCUT2D eigenvalue weighted by Gasteiger charge is -2.20. The van der Waals surface area contributed by atoms with Gasteiger partial charge in [0.1, 0.15) is 10.6 Å². The molecule has 1 aliphatic heterocycles. The Morgan fingerprint density at radius 2 is 2.16 bits per heavy atom.